The van der Waals surface area contributed by atoms with Crippen molar-refractivity contribution in [1.82, 2.24) is 14.7 Å². The zero-order chi connectivity index (χ0) is 23.8. The zero-order valence-corrected chi connectivity index (χ0v) is 19.7. The number of likely N-dealkylation sites (tertiary alicyclic amines) is 2. The second kappa shape index (κ2) is 11.8. The summed E-state index contributed by atoms with van der Waals surface area (Å²) in [5.41, 5.74) is 0.963. The second-order valence-electron chi connectivity index (χ2n) is 8.94. The van der Waals surface area contributed by atoms with E-state index in [0.29, 0.717) is 52.0 Å². The minimum atomic E-state index is -0.286. The van der Waals surface area contributed by atoms with Gasteiger partial charge in [0, 0.05) is 33.2 Å². The van der Waals surface area contributed by atoms with Gasteiger partial charge in [0.25, 0.3) is 0 Å². The molecule has 0 aliphatic carbocycles. The molecule has 0 spiro atoms. The van der Waals surface area contributed by atoms with Crippen LogP contribution in [0.4, 0.5) is 0 Å². The summed E-state index contributed by atoms with van der Waals surface area (Å²) < 4.78 is 5.08. The van der Waals surface area contributed by atoms with Crippen LogP contribution >= 0.6 is 0 Å². The van der Waals surface area contributed by atoms with E-state index in [2.05, 4.69) is 0 Å². The molecule has 1 aromatic carbocycles. The lowest BCUT2D eigenvalue weighted by molar-refractivity contribution is -0.151. The van der Waals surface area contributed by atoms with Gasteiger partial charge in [-0.1, -0.05) is 30.3 Å². The van der Waals surface area contributed by atoms with Crippen molar-refractivity contribution in [2.24, 2.45) is 11.8 Å². The first-order valence-electron chi connectivity index (χ1n) is 11.9. The molecule has 3 amide bonds. The molecule has 0 radical (unpaired) electrons. The smallest absolute Gasteiger partial charge is 0.309 e. The van der Waals surface area contributed by atoms with Gasteiger partial charge in [-0.25, -0.2) is 0 Å². The molecule has 0 aromatic heterocycles. The van der Waals surface area contributed by atoms with E-state index < -0.39 is 0 Å². The van der Waals surface area contributed by atoms with E-state index in [1.54, 1.807) is 23.8 Å². The average Bonchev–Trinajstić information content (AvgIpc) is 2.84. The van der Waals surface area contributed by atoms with Crippen LogP contribution in [0.1, 0.15) is 38.2 Å². The fourth-order valence-corrected chi connectivity index (χ4v) is 4.60. The van der Waals surface area contributed by atoms with Gasteiger partial charge in [0.15, 0.2) is 0 Å². The van der Waals surface area contributed by atoms with Gasteiger partial charge in [-0.05, 0) is 38.2 Å². The fourth-order valence-electron chi connectivity index (χ4n) is 4.60. The largest absolute Gasteiger partial charge is 0.466 e. The molecule has 3 rings (SSSR count). The van der Waals surface area contributed by atoms with Crippen LogP contribution in [0, 0.1) is 11.8 Å². The standard InChI is InChI=1S/C25H35N3O5/c1-3-33-25(32)20-11-14-27(15-12-20)23(30)18-26(2)24(31)21-10-7-13-28(17-21)22(29)16-19-8-5-4-6-9-19/h4-6,8-9,20-21H,3,7,10-18H2,1-2H3. The molecule has 8 nitrogen and oxygen atoms in total. The Bertz CT molecular complexity index is 836. The van der Waals surface area contributed by atoms with Crippen molar-refractivity contribution in [3.8, 4) is 0 Å². The highest BCUT2D eigenvalue weighted by molar-refractivity contribution is 5.87. The summed E-state index contributed by atoms with van der Waals surface area (Å²) >= 11 is 0. The van der Waals surface area contributed by atoms with E-state index >= 15 is 0 Å². The SMILES string of the molecule is CCOC(=O)C1CCN(C(=O)CN(C)C(=O)C2CCCN(C(=O)Cc3ccccc3)C2)CC1. The maximum absolute atomic E-state index is 13.0. The van der Waals surface area contributed by atoms with Crippen molar-refractivity contribution < 1.29 is 23.9 Å². The molecular weight excluding hydrogens is 422 g/mol. The molecule has 0 bridgehead atoms. The van der Waals surface area contributed by atoms with Crippen molar-refractivity contribution in [3.05, 3.63) is 35.9 Å². The van der Waals surface area contributed by atoms with Crippen molar-refractivity contribution in [1.29, 1.82) is 0 Å². The quantitative estimate of drug-likeness (QED) is 0.582. The van der Waals surface area contributed by atoms with E-state index in [9.17, 15) is 19.2 Å². The van der Waals surface area contributed by atoms with Crippen LogP contribution in [-0.2, 0) is 30.3 Å². The number of likely N-dealkylation sites (N-methyl/N-ethyl adjacent to an activating group) is 1. The van der Waals surface area contributed by atoms with Crippen molar-refractivity contribution in [3.63, 3.8) is 0 Å². The molecule has 2 aliphatic rings. The number of piperidine rings is 2. The summed E-state index contributed by atoms with van der Waals surface area (Å²) in [5.74, 6) is -0.814. The Morgan fingerprint density at radius 3 is 2.30 bits per heavy atom. The number of ether oxygens (including phenoxy) is 1. The summed E-state index contributed by atoms with van der Waals surface area (Å²) in [4.78, 5) is 55.3. The Morgan fingerprint density at radius 2 is 1.64 bits per heavy atom. The van der Waals surface area contributed by atoms with E-state index in [-0.39, 0.29) is 42.1 Å². The van der Waals surface area contributed by atoms with Crippen LogP contribution in [-0.4, -0.2) is 84.8 Å². The Labute approximate surface area is 195 Å². The Balaban J connectivity index is 1.46. The molecular formula is C25H35N3O5. The minimum absolute atomic E-state index is 0.0113. The highest BCUT2D eigenvalue weighted by atomic mass is 16.5. The van der Waals surface area contributed by atoms with Crippen LogP contribution in [0.5, 0.6) is 0 Å². The third-order valence-electron chi connectivity index (χ3n) is 6.54. The van der Waals surface area contributed by atoms with Crippen LogP contribution in [0.2, 0.25) is 0 Å². The number of hydrogen-bond acceptors (Lipinski definition) is 5. The first kappa shape index (κ1) is 24.7. The number of esters is 1. The molecule has 2 saturated heterocycles. The van der Waals surface area contributed by atoms with Gasteiger partial charge in [-0.2, -0.15) is 0 Å². The monoisotopic (exact) mass is 457 g/mol. The van der Waals surface area contributed by atoms with E-state index in [0.717, 1.165) is 18.4 Å². The van der Waals surface area contributed by atoms with E-state index in [1.165, 1.54) is 4.90 Å². The van der Waals surface area contributed by atoms with Crippen LogP contribution in [0.3, 0.4) is 0 Å². The topological polar surface area (TPSA) is 87.2 Å². The van der Waals surface area contributed by atoms with Crippen molar-refractivity contribution >= 4 is 23.7 Å². The molecule has 33 heavy (non-hydrogen) atoms. The number of nitrogens with zero attached hydrogens (tertiary/aromatic N) is 3. The Hall–Kier alpha value is -2.90. The molecule has 2 fully saturated rings. The molecule has 2 heterocycles. The van der Waals surface area contributed by atoms with E-state index in [4.69, 9.17) is 4.74 Å². The minimum Gasteiger partial charge on any atom is -0.466 e. The van der Waals surface area contributed by atoms with Crippen LogP contribution < -0.4 is 0 Å². The summed E-state index contributed by atoms with van der Waals surface area (Å²) in [7, 11) is 1.65. The lowest BCUT2D eigenvalue weighted by Gasteiger charge is -2.35. The molecule has 1 atom stereocenters. The summed E-state index contributed by atoms with van der Waals surface area (Å²) in [6.45, 7) is 4.21. The maximum atomic E-state index is 13.0. The predicted octanol–water partition coefficient (Wildman–Crippen LogP) is 1.73. The summed E-state index contributed by atoms with van der Waals surface area (Å²) in [5, 5.41) is 0. The number of hydrogen-bond donors (Lipinski definition) is 0. The van der Waals surface area contributed by atoms with Crippen molar-refractivity contribution in [2.75, 3.05) is 46.4 Å². The number of amides is 3. The predicted molar refractivity (Wildman–Crippen MR) is 123 cm³/mol. The molecule has 0 saturated carbocycles. The van der Waals surface area contributed by atoms with Crippen LogP contribution in [0.15, 0.2) is 30.3 Å². The van der Waals surface area contributed by atoms with Gasteiger partial charge in [0.05, 0.1) is 31.4 Å². The highest BCUT2D eigenvalue weighted by Crippen LogP contribution is 2.21. The first-order chi connectivity index (χ1) is 15.9. The molecule has 1 unspecified atom stereocenters. The van der Waals surface area contributed by atoms with Gasteiger partial charge in [0.2, 0.25) is 17.7 Å². The summed E-state index contributed by atoms with van der Waals surface area (Å²) in [6.07, 6.45) is 3.00. The third-order valence-corrected chi connectivity index (χ3v) is 6.54. The normalized spacial score (nSPS) is 19.2. The lowest BCUT2D eigenvalue weighted by atomic mass is 9.95. The molecule has 8 heteroatoms. The Kier molecular flexibility index (Phi) is 8.86. The number of rotatable bonds is 7. The Morgan fingerprint density at radius 1 is 0.939 bits per heavy atom. The number of carbonyl (C=O) groups is 4. The molecule has 180 valence electrons. The first-order valence-corrected chi connectivity index (χ1v) is 11.9. The number of benzene rings is 1. The van der Waals surface area contributed by atoms with Crippen molar-refractivity contribution in [2.45, 2.75) is 39.0 Å². The van der Waals surface area contributed by atoms with Gasteiger partial charge < -0.3 is 19.4 Å². The zero-order valence-electron chi connectivity index (χ0n) is 19.7. The van der Waals surface area contributed by atoms with Gasteiger partial charge in [-0.15, -0.1) is 0 Å². The number of carbonyl (C=O) groups excluding carboxylic acids is 4. The molecule has 0 N–H and O–H groups in total. The fraction of sp³-hybridized carbons (Fsp3) is 0.600. The highest BCUT2D eigenvalue weighted by Gasteiger charge is 2.32. The molecule has 1 aromatic rings. The third kappa shape index (κ3) is 6.79. The second-order valence-corrected chi connectivity index (χ2v) is 8.94. The van der Waals surface area contributed by atoms with E-state index in [1.807, 2.05) is 30.3 Å². The van der Waals surface area contributed by atoms with Gasteiger partial charge >= 0.3 is 5.97 Å². The average molecular weight is 458 g/mol. The van der Waals surface area contributed by atoms with Gasteiger partial charge in [0.1, 0.15) is 0 Å². The molecule has 2 aliphatic heterocycles. The van der Waals surface area contributed by atoms with Crippen LogP contribution in [0.25, 0.3) is 0 Å². The maximum Gasteiger partial charge on any atom is 0.309 e. The van der Waals surface area contributed by atoms with Gasteiger partial charge in [-0.3, -0.25) is 19.2 Å². The summed E-state index contributed by atoms with van der Waals surface area (Å²) in [6, 6.07) is 9.61. The lowest BCUT2D eigenvalue weighted by Crippen LogP contribution is -2.49.